The first kappa shape index (κ1) is 23.8. The lowest BCUT2D eigenvalue weighted by atomic mass is 10.1. The maximum absolute atomic E-state index is 11.8. The van der Waals surface area contributed by atoms with Crippen molar-refractivity contribution in [3.63, 3.8) is 0 Å². The second-order valence-corrected chi connectivity index (χ2v) is 8.22. The largest absolute Gasteiger partial charge is 0.497 e. The number of carboxylic acid groups (broad SMARTS) is 1. The van der Waals surface area contributed by atoms with Gasteiger partial charge in [-0.05, 0) is 43.0 Å². The quantitative estimate of drug-likeness (QED) is 0.183. The van der Waals surface area contributed by atoms with E-state index in [1.807, 2.05) is 0 Å². The van der Waals surface area contributed by atoms with Crippen LogP contribution in [0.1, 0.15) is 23.0 Å². The lowest BCUT2D eigenvalue weighted by molar-refractivity contribution is -0.131. The molecule has 0 radical (unpaired) electrons. The van der Waals surface area contributed by atoms with Crippen LogP contribution >= 0.6 is 11.8 Å². The molecule has 9 nitrogen and oxygen atoms in total. The summed E-state index contributed by atoms with van der Waals surface area (Å²) in [7, 11) is 3.05. The summed E-state index contributed by atoms with van der Waals surface area (Å²) in [6.45, 7) is 1.50. The summed E-state index contributed by atoms with van der Waals surface area (Å²) in [6, 6.07) is 15.4. The molecular formula is C25H20N2O7S. The molecule has 0 atom stereocenters. The van der Waals surface area contributed by atoms with E-state index in [2.05, 4.69) is 10.2 Å². The number of carbonyl (C=O) groups excluding carboxylic acids is 1. The highest BCUT2D eigenvalue weighted by atomic mass is 32.2. The van der Waals surface area contributed by atoms with E-state index in [0.717, 1.165) is 17.3 Å². The molecule has 0 aliphatic carbocycles. The van der Waals surface area contributed by atoms with Gasteiger partial charge in [-0.2, -0.15) is 0 Å². The Morgan fingerprint density at radius 3 is 2.20 bits per heavy atom. The van der Waals surface area contributed by atoms with Crippen molar-refractivity contribution < 1.29 is 33.0 Å². The molecule has 35 heavy (non-hydrogen) atoms. The van der Waals surface area contributed by atoms with Gasteiger partial charge in [0.25, 0.3) is 5.22 Å². The summed E-state index contributed by atoms with van der Waals surface area (Å²) in [6.07, 6.45) is 1.37. The molecule has 2 aromatic heterocycles. The van der Waals surface area contributed by atoms with E-state index in [0.29, 0.717) is 34.1 Å². The second-order valence-electron chi connectivity index (χ2n) is 7.23. The molecule has 0 bridgehead atoms. The Kier molecular flexibility index (Phi) is 7.02. The van der Waals surface area contributed by atoms with Gasteiger partial charge in [-0.1, -0.05) is 24.3 Å². The molecule has 0 spiro atoms. The minimum absolute atomic E-state index is 0.0301. The van der Waals surface area contributed by atoms with Gasteiger partial charge in [0.1, 0.15) is 27.9 Å². The smallest absolute Gasteiger partial charge is 0.342 e. The summed E-state index contributed by atoms with van der Waals surface area (Å²) < 4.78 is 21.9. The normalized spacial score (nSPS) is 11.3. The molecule has 0 aliphatic heterocycles. The number of nitrogens with zero attached hydrogens (tertiary/aromatic N) is 2. The van der Waals surface area contributed by atoms with Gasteiger partial charge >= 0.3 is 5.97 Å². The Morgan fingerprint density at radius 1 is 0.914 bits per heavy atom. The lowest BCUT2D eigenvalue weighted by Crippen LogP contribution is -1.96. The molecule has 0 aliphatic rings. The number of benzene rings is 2. The predicted molar refractivity (Wildman–Crippen MR) is 128 cm³/mol. The number of hydrogen-bond acceptors (Lipinski definition) is 9. The second kappa shape index (κ2) is 10.3. The number of ketones is 1. The topological polar surface area (TPSA) is 125 Å². The highest BCUT2D eigenvalue weighted by Crippen LogP contribution is 2.33. The Labute approximate surface area is 204 Å². The van der Waals surface area contributed by atoms with Crippen LogP contribution in [0.15, 0.2) is 73.6 Å². The van der Waals surface area contributed by atoms with E-state index in [-0.39, 0.29) is 21.8 Å². The fraction of sp³-hybridized carbons (Fsp3) is 0.120. The van der Waals surface area contributed by atoms with E-state index >= 15 is 0 Å². The fourth-order valence-corrected chi connectivity index (χ4v) is 3.76. The standard InChI is InChI=1S/C25H20N2O7S/c1-14(28)15-4-6-16(7-5-15)21-9-8-18(33-21)13-22(24(29)30)35-25-27-26-23(34-25)17-10-19(31-2)12-20(11-17)32-3/h4-13H,1-3H3,(H,29,30)/b22-13-. The first-order valence-corrected chi connectivity index (χ1v) is 11.1. The van der Waals surface area contributed by atoms with Crippen molar-refractivity contribution in [2.45, 2.75) is 12.1 Å². The van der Waals surface area contributed by atoms with Crippen LogP contribution in [0.3, 0.4) is 0 Å². The molecule has 0 saturated heterocycles. The number of carbonyl (C=O) groups is 2. The zero-order chi connectivity index (χ0) is 24.9. The van der Waals surface area contributed by atoms with Crippen molar-refractivity contribution in [2.75, 3.05) is 14.2 Å². The van der Waals surface area contributed by atoms with E-state index < -0.39 is 5.97 Å². The van der Waals surface area contributed by atoms with E-state index in [4.69, 9.17) is 18.3 Å². The van der Waals surface area contributed by atoms with E-state index in [1.54, 1.807) is 54.6 Å². The number of ether oxygens (including phenoxy) is 2. The van der Waals surface area contributed by atoms with Crippen LogP contribution in [-0.2, 0) is 4.79 Å². The number of carboxylic acids is 1. The zero-order valence-electron chi connectivity index (χ0n) is 19.0. The third-order valence-corrected chi connectivity index (χ3v) is 5.74. The number of aliphatic carboxylic acids is 1. The van der Waals surface area contributed by atoms with Gasteiger partial charge < -0.3 is 23.4 Å². The summed E-state index contributed by atoms with van der Waals surface area (Å²) in [4.78, 5) is 23.2. The summed E-state index contributed by atoms with van der Waals surface area (Å²) in [5.74, 6) is 0.929. The first-order chi connectivity index (χ1) is 16.9. The molecule has 0 saturated carbocycles. The maximum atomic E-state index is 11.8. The molecule has 0 amide bonds. The van der Waals surface area contributed by atoms with Gasteiger partial charge in [0.2, 0.25) is 5.89 Å². The summed E-state index contributed by atoms with van der Waals surface area (Å²) in [5.41, 5.74) is 1.92. The predicted octanol–water partition coefficient (Wildman–Crippen LogP) is 5.43. The minimum Gasteiger partial charge on any atom is -0.497 e. The molecule has 2 heterocycles. The Hall–Kier alpha value is -4.31. The van der Waals surface area contributed by atoms with E-state index in [1.165, 1.54) is 27.2 Å². The highest BCUT2D eigenvalue weighted by molar-refractivity contribution is 8.03. The number of rotatable bonds is 9. The van der Waals surface area contributed by atoms with Gasteiger partial charge in [0, 0.05) is 28.8 Å². The highest BCUT2D eigenvalue weighted by Gasteiger charge is 2.18. The van der Waals surface area contributed by atoms with Crippen molar-refractivity contribution in [1.29, 1.82) is 0 Å². The molecular weight excluding hydrogens is 472 g/mol. The van der Waals surface area contributed by atoms with E-state index in [9.17, 15) is 14.7 Å². The number of methoxy groups -OCH3 is 2. The van der Waals surface area contributed by atoms with Crippen LogP contribution in [0, 0.1) is 0 Å². The van der Waals surface area contributed by atoms with Crippen LogP contribution in [0.25, 0.3) is 28.9 Å². The SMILES string of the molecule is COc1cc(OC)cc(-c2nnc(S/C(=C\c3ccc(-c4ccc(C(C)=O)cc4)o3)C(=O)O)o2)c1. The average molecular weight is 493 g/mol. The number of Topliss-reactive ketones (excluding diaryl/α,β-unsaturated/α-hetero) is 1. The third-order valence-electron chi connectivity index (χ3n) is 4.89. The monoisotopic (exact) mass is 492 g/mol. The lowest BCUT2D eigenvalue weighted by Gasteiger charge is -2.05. The van der Waals surface area contributed by atoms with Gasteiger partial charge in [-0.3, -0.25) is 4.79 Å². The number of aromatic nitrogens is 2. The van der Waals surface area contributed by atoms with Crippen molar-refractivity contribution in [3.05, 3.63) is 70.8 Å². The van der Waals surface area contributed by atoms with Gasteiger partial charge in [0.15, 0.2) is 5.78 Å². The number of thioether (sulfide) groups is 1. The van der Waals surface area contributed by atoms with Gasteiger partial charge in [-0.15, -0.1) is 10.2 Å². The Balaban J connectivity index is 1.55. The van der Waals surface area contributed by atoms with Crippen LogP contribution in [0.4, 0.5) is 0 Å². The number of furan rings is 1. The first-order valence-electron chi connectivity index (χ1n) is 10.3. The van der Waals surface area contributed by atoms with Crippen molar-refractivity contribution >= 4 is 29.6 Å². The fourth-order valence-electron chi connectivity index (χ4n) is 3.11. The molecule has 4 rings (SSSR count). The van der Waals surface area contributed by atoms with Crippen molar-refractivity contribution in [1.82, 2.24) is 10.2 Å². The summed E-state index contributed by atoms with van der Waals surface area (Å²) in [5, 5.41) is 17.7. The molecule has 2 aromatic carbocycles. The van der Waals surface area contributed by atoms with Crippen LogP contribution in [0.5, 0.6) is 11.5 Å². The maximum Gasteiger partial charge on any atom is 0.342 e. The Morgan fingerprint density at radius 2 is 1.60 bits per heavy atom. The molecule has 0 fully saturated rings. The van der Waals surface area contributed by atoms with Gasteiger partial charge in [-0.25, -0.2) is 4.79 Å². The average Bonchev–Trinajstić information content (AvgIpc) is 3.53. The van der Waals surface area contributed by atoms with Crippen molar-refractivity contribution in [2.24, 2.45) is 0 Å². The molecule has 4 aromatic rings. The minimum atomic E-state index is -1.18. The summed E-state index contributed by atoms with van der Waals surface area (Å²) >= 11 is 0.799. The van der Waals surface area contributed by atoms with Crippen LogP contribution in [-0.4, -0.2) is 41.3 Å². The molecule has 1 N–H and O–H groups in total. The van der Waals surface area contributed by atoms with Crippen LogP contribution in [0.2, 0.25) is 0 Å². The van der Waals surface area contributed by atoms with Crippen LogP contribution < -0.4 is 9.47 Å². The van der Waals surface area contributed by atoms with Crippen molar-refractivity contribution in [3.8, 4) is 34.3 Å². The number of hydrogen-bond donors (Lipinski definition) is 1. The molecule has 10 heteroatoms. The zero-order valence-corrected chi connectivity index (χ0v) is 19.8. The van der Waals surface area contributed by atoms with Gasteiger partial charge in [0.05, 0.1) is 14.2 Å². The molecule has 0 unspecified atom stereocenters. The Bertz CT molecular complexity index is 1380. The molecule has 178 valence electrons. The third kappa shape index (κ3) is 5.61.